The van der Waals surface area contributed by atoms with Gasteiger partial charge in [-0.15, -0.1) is 0 Å². The summed E-state index contributed by atoms with van der Waals surface area (Å²) in [7, 11) is 1.53. The fraction of sp³-hybridized carbons (Fsp3) is 0.160. The maximum Gasteiger partial charge on any atom is 0.329 e. The van der Waals surface area contributed by atoms with Crippen molar-refractivity contribution in [3.8, 4) is 11.5 Å². The van der Waals surface area contributed by atoms with Crippen molar-refractivity contribution in [2.24, 2.45) is 5.10 Å². The SMILES string of the molecule is COc1cc(/C=N/NC(=O)C(=O)Nc2cccc(Cl)c2C)cc(Br)c1OCc1ccc(C)cc1. The summed E-state index contributed by atoms with van der Waals surface area (Å²) in [4.78, 5) is 24.2. The molecule has 0 spiro atoms. The van der Waals surface area contributed by atoms with Crippen LogP contribution in [0.25, 0.3) is 0 Å². The molecule has 2 amide bonds. The molecule has 34 heavy (non-hydrogen) atoms. The van der Waals surface area contributed by atoms with E-state index in [1.54, 1.807) is 37.3 Å². The van der Waals surface area contributed by atoms with Gasteiger partial charge in [-0.05, 0) is 70.7 Å². The topological polar surface area (TPSA) is 89.0 Å². The van der Waals surface area contributed by atoms with Gasteiger partial charge in [-0.2, -0.15) is 5.10 Å². The molecule has 0 heterocycles. The van der Waals surface area contributed by atoms with Crippen LogP contribution in [0.1, 0.15) is 22.3 Å². The quantitative estimate of drug-likeness (QED) is 0.237. The highest BCUT2D eigenvalue weighted by Gasteiger charge is 2.15. The molecular weight excluding hydrogens is 522 g/mol. The zero-order chi connectivity index (χ0) is 24.7. The summed E-state index contributed by atoms with van der Waals surface area (Å²) >= 11 is 9.52. The Morgan fingerprint density at radius 1 is 1.09 bits per heavy atom. The smallest absolute Gasteiger partial charge is 0.329 e. The van der Waals surface area contributed by atoms with Gasteiger partial charge in [0.1, 0.15) is 6.61 Å². The number of anilines is 1. The summed E-state index contributed by atoms with van der Waals surface area (Å²) in [6.45, 7) is 4.15. The van der Waals surface area contributed by atoms with Crippen LogP contribution in [-0.2, 0) is 16.2 Å². The molecule has 176 valence electrons. The first kappa shape index (κ1) is 25.3. The zero-order valence-corrected chi connectivity index (χ0v) is 21.2. The average molecular weight is 545 g/mol. The number of rotatable bonds is 7. The highest BCUT2D eigenvalue weighted by Crippen LogP contribution is 2.36. The van der Waals surface area contributed by atoms with E-state index in [-0.39, 0.29) is 0 Å². The minimum atomic E-state index is -0.917. The van der Waals surface area contributed by atoms with Crippen LogP contribution < -0.4 is 20.2 Å². The second-order valence-electron chi connectivity index (χ2n) is 7.37. The summed E-state index contributed by atoms with van der Waals surface area (Å²) in [5, 5.41) is 6.86. The monoisotopic (exact) mass is 543 g/mol. The van der Waals surface area contributed by atoms with E-state index in [0.29, 0.717) is 44.4 Å². The number of carbonyl (C=O) groups is 2. The van der Waals surface area contributed by atoms with Crippen molar-refractivity contribution in [1.82, 2.24) is 5.43 Å². The third-order valence-electron chi connectivity index (χ3n) is 4.86. The van der Waals surface area contributed by atoms with E-state index in [1.165, 1.54) is 18.9 Å². The second-order valence-corrected chi connectivity index (χ2v) is 8.64. The van der Waals surface area contributed by atoms with E-state index in [1.807, 2.05) is 31.2 Å². The summed E-state index contributed by atoms with van der Waals surface area (Å²) in [6, 6.07) is 16.6. The van der Waals surface area contributed by atoms with Crippen molar-refractivity contribution in [3.63, 3.8) is 0 Å². The lowest BCUT2D eigenvalue weighted by Gasteiger charge is -2.13. The summed E-state index contributed by atoms with van der Waals surface area (Å²) in [6.07, 6.45) is 1.40. The number of carbonyl (C=O) groups excluding carboxylic acids is 2. The van der Waals surface area contributed by atoms with Gasteiger partial charge in [0.05, 0.1) is 17.8 Å². The highest BCUT2D eigenvalue weighted by atomic mass is 79.9. The molecule has 0 fully saturated rings. The number of hydrogen-bond donors (Lipinski definition) is 2. The number of aryl methyl sites for hydroxylation is 1. The third-order valence-corrected chi connectivity index (χ3v) is 5.86. The Morgan fingerprint density at radius 2 is 1.82 bits per heavy atom. The van der Waals surface area contributed by atoms with E-state index < -0.39 is 11.8 Å². The molecule has 9 heteroatoms. The van der Waals surface area contributed by atoms with Gasteiger partial charge in [0.2, 0.25) is 0 Å². The van der Waals surface area contributed by atoms with E-state index in [0.717, 1.165) is 5.56 Å². The molecule has 0 unspecified atom stereocenters. The first-order valence-corrected chi connectivity index (χ1v) is 11.4. The number of ether oxygens (including phenoxy) is 2. The van der Waals surface area contributed by atoms with Gasteiger partial charge in [0.25, 0.3) is 0 Å². The maximum atomic E-state index is 12.1. The van der Waals surface area contributed by atoms with Crippen LogP contribution in [0.3, 0.4) is 0 Å². The van der Waals surface area contributed by atoms with Gasteiger partial charge < -0.3 is 14.8 Å². The van der Waals surface area contributed by atoms with Gasteiger partial charge in [-0.1, -0.05) is 47.5 Å². The summed E-state index contributed by atoms with van der Waals surface area (Å²) < 4.78 is 12.0. The van der Waals surface area contributed by atoms with Crippen LogP contribution in [0.2, 0.25) is 5.02 Å². The molecule has 3 aromatic rings. The lowest BCUT2D eigenvalue weighted by molar-refractivity contribution is -0.136. The minimum absolute atomic E-state index is 0.375. The third kappa shape index (κ3) is 6.59. The first-order chi connectivity index (χ1) is 16.3. The number of hydrogen-bond acceptors (Lipinski definition) is 5. The van der Waals surface area contributed by atoms with E-state index in [9.17, 15) is 9.59 Å². The molecule has 0 aliphatic heterocycles. The number of benzene rings is 3. The molecule has 0 radical (unpaired) electrons. The largest absolute Gasteiger partial charge is 0.493 e. The Kier molecular flexibility index (Phi) is 8.67. The summed E-state index contributed by atoms with van der Waals surface area (Å²) in [5.74, 6) is -0.746. The Labute approximate surface area is 211 Å². The number of nitrogens with one attached hydrogen (secondary N) is 2. The molecule has 0 saturated carbocycles. The predicted octanol–water partition coefficient (Wildman–Crippen LogP) is 5.40. The van der Waals surface area contributed by atoms with Crippen LogP contribution in [0.5, 0.6) is 11.5 Å². The van der Waals surface area contributed by atoms with Crippen molar-refractivity contribution in [2.75, 3.05) is 12.4 Å². The van der Waals surface area contributed by atoms with Gasteiger partial charge >= 0.3 is 11.8 Å². The van der Waals surface area contributed by atoms with Crippen LogP contribution in [-0.4, -0.2) is 25.1 Å². The second kappa shape index (κ2) is 11.7. The van der Waals surface area contributed by atoms with Gasteiger partial charge in [0, 0.05) is 10.7 Å². The molecule has 0 saturated heterocycles. The first-order valence-electron chi connectivity index (χ1n) is 10.2. The number of halogens is 2. The molecule has 0 atom stereocenters. The van der Waals surface area contributed by atoms with Crippen LogP contribution >= 0.6 is 27.5 Å². The summed E-state index contributed by atoms with van der Waals surface area (Å²) in [5.41, 5.74) is 6.15. The van der Waals surface area contributed by atoms with Crippen molar-refractivity contribution >= 4 is 51.2 Å². The molecule has 0 bridgehead atoms. The molecule has 2 N–H and O–H groups in total. The van der Waals surface area contributed by atoms with Crippen LogP contribution in [0.4, 0.5) is 5.69 Å². The normalized spacial score (nSPS) is 10.7. The van der Waals surface area contributed by atoms with Gasteiger partial charge in [-0.3, -0.25) is 9.59 Å². The number of hydrazone groups is 1. The molecule has 0 aliphatic rings. The molecule has 3 aromatic carbocycles. The fourth-order valence-electron chi connectivity index (χ4n) is 2.93. The molecule has 3 rings (SSSR count). The van der Waals surface area contributed by atoms with E-state index >= 15 is 0 Å². The lowest BCUT2D eigenvalue weighted by Crippen LogP contribution is -2.32. The average Bonchev–Trinajstić information content (AvgIpc) is 2.82. The molecule has 0 aliphatic carbocycles. The van der Waals surface area contributed by atoms with Crippen molar-refractivity contribution in [1.29, 1.82) is 0 Å². The molecule has 7 nitrogen and oxygen atoms in total. The highest BCUT2D eigenvalue weighted by molar-refractivity contribution is 9.10. The van der Waals surface area contributed by atoms with Crippen LogP contribution in [0, 0.1) is 13.8 Å². The van der Waals surface area contributed by atoms with Crippen molar-refractivity contribution in [2.45, 2.75) is 20.5 Å². The molecular formula is C25H23BrClN3O4. The Morgan fingerprint density at radius 3 is 2.53 bits per heavy atom. The van der Waals surface area contributed by atoms with Crippen LogP contribution in [0.15, 0.2) is 64.2 Å². The standard InChI is InChI=1S/C25H23BrClN3O4/c1-15-7-9-17(10-8-15)14-34-23-19(26)11-18(12-22(23)33-3)13-28-30-25(32)24(31)29-21-6-4-5-20(27)16(21)2/h4-13H,14H2,1-3H3,(H,29,31)(H,30,32)/b28-13+. The van der Waals surface area contributed by atoms with E-state index in [2.05, 4.69) is 31.8 Å². The Balaban J connectivity index is 1.63. The fourth-order valence-corrected chi connectivity index (χ4v) is 3.68. The zero-order valence-electron chi connectivity index (χ0n) is 18.8. The van der Waals surface area contributed by atoms with Gasteiger partial charge in [0.15, 0.2) is 11.5 Å². The van der Waals surface area contributed by atoms with Gasteiger partial charge in [-0.25, -0.2) is 5.43 Å². The number of nitrogens with zero attached hydrogens (tertiary/aromatic N) is 1. The Hall–Kier alpha value is -3.36. The van der Waals surface area contributed by atoms with E-state index in [4.69, 9.17) is 21.1 Å². The predicted molar refractivity (Wildman–Crippen MR) is 137 cm³/mol. The van der Waals surface area contributed by atoms with Crippen molar-refractivity contribution < 1.29 is 19.1 Å². The maximum absolute atomic E-state index is 12.1. The van der Waals surface area contributed by atoms with Crippen molar-refractivity contribution in [3.05, 3.63) is 86.3 Å². The number of methoxy groups -OCH3 is 1. The molecule has 0 aromatic heterocycles. The minimum Gasteiger partial charge on any atom is -0.493 e. The Bertz CT molecular complexity index is 1230. The number of amides is 2. The lowest BCUT2D eigenvalue weighted by atomic mass is 10.2.